The lowest BCUT2D eigenvalue weighted by Gasteiger charge is -2.41. The number of fused-ring (bicyclic) bond motifs is 4. The normalized spacial score (nSPS) is 14.9. The largest absolute Gasteiger partial charge is 0.495 e. The molecule has 2 aliphatic rings. The van der Waals surface area contributed by atoms with Crippen LogP contribution in [-0.2, 0) is 0 Å². The maximum atomic E-state index is 6.50. The number of para-hydroxylation sites is 3. The first-order valence-electron chi connectivity index (χ1n) is 13.9. The van der Waals surface area contributed by atoms with Crippen molar-refractivity contribution in [2.45, 2.75) is 13.0 Å². The lowest BCUT2D eigenvalue weighted by atomic mass is 9.92. The van der Waals surface area contributed by atoms with Gasteiger partial charge in [0.05, 0.1) is 49.5 Å². The molecule has 3 aromatic carbocycles. The summed E-state index contributed by atoms with van der Waals surface area (Å²) in [7, 11) is 4.87. The number of hydrogen-bond acceptors (Lipinski definition) is 9. The molecule has 0 amide bonds. The number of rotatable bonds is 6. The molecule has 0 fully saturated rings. The van der Waals surface area contributed by atoms with Gasteiger partial charge in [-0.25, -0.2) is 15.0 Å². The predicted octanol–water partition coefficient (Wildman–Crippen LogP) is 7.05. The first kappa shape index (κ1) is 27.5. The minimum absolute atomic E-state index is 0.409. The van der Waals surface area contributed by atoms with Gasteiger partial charge in [0.1, 0.15) is 5.75 Å². The van der Waals surface area contributed by atoms with Gasteiger partial charge in [0.15, 0.2) is 34.8 Å². The molecule has 0 saturated heterocycles. The van der Waals surface area contributed by atoms with Crippen LogP contribution in [0.15, 0.2) is 95.0 Å². The topological polar surface area (TPSA) is 98.4 Å². The highest BCUT2D eigenvalue weighted by molar-refractivity contribution is 6.51. The number of ether oxygens (including phenoxy) is 3. The van der Waals surface area contributed by atoms with Crippen molar-refractivity contribution in [2.24, 2.45) is 9.98 Å². The van der Waals surface area contributed by atoms with Gasteiger partial charge in [0, 0.05) is 23.0 Å². The van der Waals surface area contributed by atoms with Gasteiger partial charge in [0.25, 0.3) is 0 Å². The number of amidine groups is 2. The van der Waals surface area contributed by atoms with E-state index in [4.69, 9.17) is 40.9 Å². The fourth-order valence-electron chi connectivity index (χ4n) is 5.74. The third-order valence-electron chi connectivity index (χ3n) is 7.65. The van der Waals surface area contributed by atoms with E-state index in [0.717, 1.165) is 33.9 Å². The van der Waals surface area contributed by atoms with E-state index in [1.165, 1.54) is 0 Å². The Balaban J connectivity index is 1.50. The summed E-state index contributed by atoms with van der Waals surface area (Å²) >= 11 is 6.50. The van der Waals surface area contributed by atoms with Gasteiger partial charge >= 0.3 is 0 Å². The molecule has 1 N–H and O–H groups in total. The van der Waals surface area contributed by atoms with Crippen LogP contribution in [0, 0.1) is 6.92 Å². The Labute approximate surface area is 259 Å². The number of nitrogens with one attached hydrogen (secondary N) is 1. The molecule has 0 unspecified atom stereocenters. The summed E-state index contributed by atoms with van der Waals surface area (Å²) in [6.07, 6.45) is 1.74. The van der Waals surface area contributed by atoms with Crippen molar-refractivity contribution in [2.75, 3.05) is 31.5 Å². The Kier molecular flexibility index (Phi) is 6.90. The fraction of sp³-hybridized carbons (Fsp3) is 0.152. The summed E-state index contributed by atoms with van der Waals surface area (Å²) < 4.78 is 18.9. The summed E-state index contributed by atoms with van der Waals surface area (Å²) in [6, 6.07) is 24.7. The minimum atomic E-state index is -0.409. The number of halogens is 1. The Morgan fingerprint density at radius 2 is 1.66 bits per heavy atom. The number of nitrogens with zero attached hydrogens (tertiary/aromatic N) is 6. The number of pyridine rings is 1. The van der Waals surface area contributed by atoms with E-state index in [-0.39, 0.29) is 0 Å². The van der Waals surface area contributed by atoms with Crippen molar-refractivity contribution >= 4 is 46.2 Å². The highest BCUT2D eigenvalue weighted by Crippen LogP contribution is 2.51. The molecular formula is C33H28ClN7O3. The second-order valence-electron chi connectivity index (χ2n) is 10.1. The average Bonchev–Trinajstić information content (AvgIpc) is 3.39. The summed E-state index contributed by atoms with van der Waals surface area (Å²) in [5.74, 6) is 4.24. The second-order valence-corrected chi connectivity index (χ2v) is 10.5. The summed E-state index contributed by atoms with van der Waals surface area (Å²) in [5, 5.41) is 8.89. The standard InChI is InChI=1S/C33H28ClN7O3/c1-19-28-29(21-10-9-13-26(43-3)30(21)44-4)40-24-12-6-5-11-23(24)37-31(36-20-15-16-25(42-2)22(34)18-20)33(40)38-32(28)41(39-19)27-14-7-8-17-35-27/h5-18,29H,1-4H3,(H,36,37)/t29-/m0/s1. The van der Waals surface area contributed by atoms with Gasteiger partial charge < -0.3 is 24.4 Å². The summed E-state index contributed by atoms with van der Waals surface area (Å²) in [4.78, 5) is 17.0. The molecule has 11 heteroatoms. The molecule has 4 heterocycles. The molecule has 10 nitrogen and oxygen atoms in total. The van der Waals surface area contributed by atoms with Crippen LogP contribution in [0.5, 0.6) is 17.2 Å². The molecule has 220 valence electrons. The van der Waals surface area contributed by atoms with E-state index >= 15 is 0 Å². The first-order chi connectivity index (χ1) is 21.5. The van der Waals surface area contributed by atoms with Gasteiger partial charge in [-0.15, -0.1) is 0 Å². The van der Waals surface area contributed by atoms with Gasteiger partial charge in [-0.1, -0.05) is 41.9 Å². The molecule has 0 bridgehead atoms. The van der Waals surface area contributed by atoms with Gasteiger partial charge in [-0.2, -0.15) is 9.78 Å². The SMILES string of the molecule is COc1ccc(NC2=Nc3ccccc3N3C2=Nc2c(c(C)nn2-c2ccccn2)[C@@H]3c2cccc(OC)c2OC)cc1Cl. The third kappa shape index (κ3) is 4.42. The van der Waals surface area contributed by atoms with Crippen LogP contribution in [0.2, 0.25) is 5.02 Å². The van der Waals surface area contributed by atoms with E-state index in [2.05, 4.69) is 15.2 Å². The molecule has 0 spiro atoms. The van der Waals surface area contributed by atoms with Crippen molar-refractivity contribution in [3.05, 3.63) is 107 Å². The smallest absolute Gasteiger partial charge is 0.179 e. The Bertz CT molecular complexity index is 1950. The van der Waals surface area contributed by atoms with Crippen molar-refractivity contribution in [3.8, 4) is 23.1 Å². The second kappa shape index (κ2) is 11.1. The molecule has 0 saturated carbocycles. The number of benzene rings is 3. The highest BCUT2D eigenvalue weighted by Gasteiger charge is 2.43. The summed E-state index contributed by atoms with van der Waals surface area (Å²) in [5.41, 5.74) is 4.99. The van der Waals surface area contributed by atoms with E-state index in [1.807, 2.05) is 79.7 Å². The van der Waals surface area contributed by atoms with E-state index in [0.29, 0.717) is 45.6 Å². The maximum Gasteiger partial charge on any atom is 0.179 e. The highest BCUT2D eigenvalue weighted by atomic mass is 35.5. The van der Waals surface area contributed by atoms with Crippen LogP contribution in [-0.4, -0.2) is 47.8 Å². The molecule has 0 aliphatic carbocycles. The Morgan fingerprint density at radius 1 is 0.841 bits per heavy atom. The number of methoxy groups -OCH3 is 3. The van der Waals surface area contributed by atoms with Crippen molar-refractivity contribution < 1.29 is 14.2 Å². The quantitative estimate of drug-likeness (QED) is 0.221. The monoisotopic (exact) mass is 605 g/mol. The molecule has 1 atom stereocenters. The molecule has 2 aliphatic heterocycles. The summed E-state index contributed by atoms with van der Waals surface area (Å²) in [6.45, 7) is 1.99. The zero-order chi connectivity index (χ0) is 30.4. The first-order valence-corrected chi connectivity index (χ1v) is 14.3. The minimum Gasteiger partial charge on any atom is -0.495 e. The zero-order valence-electron chi connectivity index (χ0n) is 24.4. The third-order valence-corrected chi connectivity index (χ3v) is 7.94. The van der Waals surface area contributed by atoms with Crippen molar-refractivity contribution in [3.63, 3.8) is 0 Å². The Hall–Kier alpha value is -5.35. The van der Waals surface area contributed by atoms with Crippen LogP contribution in [0.1, 0.15) is 22.9 Å². The van der Waals surface area contributed by atoms with E-state index in [9.17, 15) is 0 Å². The number of aromatic nitrogens is 3. The number of aryl methyl sites for hydroxylation is 1. The van der Waals surface area contributed by atoms with Crippen molar-refractivity contribution in [1.82, 2.24) is 14.8 Å². The van der Waals surface area contributed by atoms with Gasteiger partial charge in [-0.05, 0) is 55.5 Å². The molecule has 44 heavy (non-hydrogen) atoms. The molecular weight excluding hydrogens is 578 g/mol. The molecule has 0 radical (unpaired) electrons. The molecule has 7 rings (SSSR count). The van der Waals surface area contributed by atoms with Crippen LogP contribution in [0.3, 0.4) is 0 Å². The fourth-order valence-corrected chi connectivity index (χ4v) is 6.00. The predicted molar refractivity (Wildman–Crippen MR) is 172 cm³/mol. The van der Waals surface area contributed by atoms with Crippen LogP contribution in [0.4, 0.5) is 22.9 Å². The number of aliphatic imine (C=N–C) groups is 2. The number of hydrogen-bond donors (Lipinski definition) is 1. The van der Waals surface area contributed by atoms with E-state index < -0.39 is 6.04 Å². The van der Waals surface area contributed by atoms with Crippen molar-refractivity contribution in [1.29, 1.82) is 0 Å². The lowest BCUT2D eigenvalue weighted by molar-refractivity contribution is 0.350. The van der Waals surface area contributed by atoms with Crippen LogP contribution < -0.4 is 24.4 Å². The van der Waals surface area contributed by atoms with Crippen LogP contribution >= 0.6 is 11.6 Å². The molecule has 2 aromatic heterocycles. The number of anilines is 2. The maximum absolute atomic E-state index is 6.50. The zero-order valence-corrected chi connectivity index (χ0v) is 25.2. The van der Waals surface area contributed by atoms with Crippen LogP contribution in [0.25, 0.3) is 5.82 Å². The van der Waals surface area contributed by atoms with Gasteiger partial charge in [-0.3, -0.25) is 0 Å². The van der Waals surface area contributed by atoms with E-state index in [1.54, 1.807) is 38.3 Å². The van der Waals surface area contributed by atoms with Gasteiger partial charge in [0.2, 0.25) is 0 Å². The average molecular weight is 606 g/mol. The lowest BCUT2D eigenvalue weighted by Crippen LogP contribution is -2.46. The molecule has 5 aromatic rings. The Morgan fingerprint density at radius 3 is 2.41 bits per heavy atom.